The van der Waals surface area contributed by atoms with Gasteiger partial charge < -0.3 is 39.2 Å². The Bertz CT molecular complexity index is 2040. The first-order chi connectivity index (χ1) is 29.4. The van der Waals surface area contributed by atoms with Gasteiger partial charge in [0.1, 0.15) is 28.7 Å². The molecule has 322 valence electrons. The van der Waals surface area contributed by atoms with Crippen LogP contribution in [0.15, 0.2) is 84.7 Å². The van der Waals surface area contributed by atoms with Gasteiger partial charge in [0.25, 0.3) is 0 Å². The Morgan fingerprint density at radius 1 is 0.817 bits per heavy atom. The Balaban J connectivity index is 0.00000297. The molecule has 0 bridgehead atoms. The predicted octanol–water partition coefficient (Wildman–Crippen LogP) is 11.2. The van der Waals surface area contributed by atoms with Crippen molar-refractivity contribution in [3.05, 3.63) is 113 Å². The summed E-state index contributed by atoms with van der Waals surface area (Å²) in [6, 6.07) is 19.5. The average molecular weight is 817 g/mol. The van der Waals surface area contributed by atoms with E-state index < -0.39 is 0 Å². The highest BCUT2D eigenvalue weighted by atomic mass is 16.5. The minimum Gasteiger partial charge on any atom is -0.497 e. The van der Waals surface area contributed by atoms with Crippen LogP contribution in [-0.2, 0) is 6.54 Å². The number of dihydropyridines is 1. The average Bonchev–Trinajstić information content (AvgIpc) is 3.26. The van der Waals surface area contributed by atoms with E-state index in [9.17, 15) is 0 Å². The molecule has 9 nitrogen and oxygen atoms in total. The zero-order valence-electron chi connectivity index (χ0n) is 37.5. The number of anilines is 1. The van der Waals surface area contributed by atoms with Crippen LogP contribution in [0.1, 0.15) is 118 Å². The first-order valence-electron chi connectivity index (χ1n) is 22.1. The van der Waals surface area contributed by atoms with E-state index >= 15 is 0 Å². The third kappa shape index (κ3) is 10.1. The maximum atomic E-state index is 5.99. The minimum absolute atomic E-state index is 0.0973. The molecule has 2 aliphatic carbocycles. The van der Waals surface area contributed by atoms with E-state index in [2.05, 4.69) is 90.2 Å². The van der Waals surface area contributed by atoms with Crippen LogP contribution < -0.4 is 39.2 Å². The SMILES string of the molecule is CC.CCC(CCNCC1=CC(c2cc(OC)c(C)c(C3CCC3)c2)NC=C1)N(Cc1cccnc1-c1cc(OC)c(C2CCC2)c(OC)c1)c1cc(OC)cc(OC)c1. The van der Waals surface area contributed by atoms with Gasteiger partial charge in [-0.05, 0) is 128 Å². The van der Waals surface area contributed by atoms with Crippen molar-refractivity contribution >= 4 is 5.69 Å². The first-order valence-corrected chi connectivity index (χ1v) is 22.1. The highest BCUT2D eigenvalue weighted by Crippen LogP contribution is 2.48. The maximum Gasteiger partial charge on any atom is 0.126 e. The number of nitrogens with one attached hydrogen (secondary N) is 2. The van der Waals surface area contributed by atoms with Crippen LogP contribution in [0.2, 0.25) is 0 Å². The normalized spacial score (nSPS) is 16.6. The molecule has 3 aromatic carbocycles. The number of hydrogen-bond acceptors (Lipinski definition) is 9. The summed E-state index contributed by atoms with van der Waals surface area (Å²) in [4.78, 5) is 7.45. The van der Waals surface area contributed by atoms with Crippen LogP contribution in [0.25, 0.3) is 11.3 Å². The maximum absolute atomic E-state index is 5.99. The zero-order valence-corrected chi connectivity index (χ0v) is 37.5. The fourth-order valence-corrected chi connectivity index (χ4v) is 8.81. The number of benzene rings is 3. The zero-order chi connectivity index (χ0) is 42.6. The Kier molecular flexibility index (Phi) is 15.8. The molecule has 0 amide bonds. The molecule has 0 radical (unpaired) electrons. The van der Waals surface area contributed by atoms with Crippen LogP contribution in [0.5, 0.6) is 28.7 Å². The van der Waals surface area contributed by atoms with Crippen molar-refractivity contribution < 1.29 is 23.7 Å². The fraction of sp³-hybridized carbons (Fsp3) is 0.471. The monoisotopic (exact) mass is 817 g/mol. The molecule has 2 heterocycles. The van der Waals surface area contributed by atoms with Crippen LogP contribution in [0.3, 0.4) is 0 Å². The molecule has 1 aliphatic heterocycles. The molecule has 1 aromatic heterocycles. The van der Waals surface area contributed by atoms with Crippen LogP contribution in [0, 0.1) is 6.92 Å². The molecule has 0 saturated heterocycles. The number of ether oxygens (including phenoxy) is 5. The van der Waals surface area contributed by atoms with E-state index in [0.29, 0.717) is 18.4 Å². The van der Waals surface area contributed by atoms with Crippen molar-refractivity contribution in [1.29, 1.82) is 0 Å². The Morgan fingerprint density at radius 3 is 2.07 bits per heavy atom. The van der Waals surface area contributed by atoms with E-state index in [1.807, 2.05) is 32.2 Å². The number of aromatic nitrogens is 1. The highest BCUT2D eigenvalue weighted by molar-refractivity contribution is 5.70. The number of hydrogen-bond donors (Lipinski definition) is 2. The topological polar surface area (TPSA) is 86.3 Å². The van der Waals surface area contributed by atoms with Gasteiger partial charge in [-0.3, -0.25) is 4.98 Å². The summed E-state index contributed by atoms with van der Waals surface area (Å²) in [5.74, 6) is 5.32. The summed E-state index contributed by atoms with van der Waals surface area (Å²) in [6.45, 7) is 10.7. The van der Waals surface area contributed by atoms with Gasteiger partial charge in [0.2, 0.25) is 0 Å². The Morgan fingerprint density at radius 2 is 1.48 bits per heavy atom. The molecule has 2 atom stereocenters. The van der Waals surface area contributed by atoms with Crippen molar-refractivity contribution in [2.75, 3.05) is 53.5 Å². The van der Waals surface area contributed by atoms with Crippen molar-refractivity contribution in [3.63, 3.8) is 0 Å². The van der Waals surface area contributed by atoms with Gasteiger partial charge in [-0.15, -0.1) is 0 Å². The second kappa shape index (κ2) is 21.4. The molecule has 2 N–H and O–H groups in total. The lowest BCUT2D eigenvalue weighted by atomic mass is 9.77. The van der Waals surface area contributed by atoms with E-state index in [-0.39, 0.29) is 12.1 Å². The quantitative estimate of drug-likeness (QED) is 0.0899. The fourth-order valence-electron chi connectivity index (χ4n) is 8.81. The van der Waals surface area contributed by atoms with Gasteiger partial charge >= 0.3 is 0 Å². The second-order valence-corrected chi connectivity index (χ2v) is 15.9. The predicted molar refractivity (Wildman–Crippen MR) is 245 cm³/mol. The van der Waals surface area contributed by atoms with Gasteiger partial charge in [-0.1, -0.05) is 51.8 Å². The van der Waals surface area contributed by atoms with Crippen molar-refractivity contribution in [3.8, 4) is 40.0 Å². The number of rotatable bonds is 19. The third-order valence-electron chi connectivity index (χ3n) is 12.6. The smallest absolute Gasteiger partial charge is 0.126 e. The summed E-state index contributed by atoms with van der Waals surface area (Å²) < 4.78 is 29.4. The summed E-state index contributed by atoms with van der Waals surface area (Å²) in [5, 5.41) is 7.37. The van der Waals surface area contributed by atoms with E-state index in [1.165, 1.54) is 53.5 Å². The summed E-state index contributed by atoms with van der Waals surface area (Å²) in [5.41, 5.74) is 10.4. The van der Waals surface area contributed by atoms with Gasteiger partial charge in [0.15, 0.2) is 0 Å². The molecular formula is C51H68N4O5. The number of pyridine rings is 1. The van der Waals surface area contributed by atoms with Crippen LogP contribution >= 0.6 is 0 Å². The Hall–Kier alpha value is -5.15. The largest absolute Gasteiger partial charge is 0.497 e. The minimum atomic E-state index is 0.0973. The molecule has 3 aliphatic rings. The molecule has 2 saturated carbocycles. The second-order valence-electron chi connectivity index (χ2n) is 15.9. The van der Waals surface area contributed by atoms with Gasteiger partial charge in [-0.25, -0.2) is 0 Å². The number of methoxy groups -OCH3 is 5. The molecule has 4 aromatic rings. The van der Waals surface area contributed by atoms with Crippen LogP contribution in [-0.4, -0.2) is 59.7 Å². The van der Waals surface area contributed by atoms with Crippen molar-refractivity contribution in [2.45, 2.75) is 110 Å². The van der Waals surface area contributed by atoms with Gasteiger partial charge in [-0.2, -0.15) is 0 Å². The first kappa shape index (κ1) is 44.4. The summed E-state index contributed by atoms with van der Waals surface area (Å²) >= 11 is 0. The summed E-state index contributed by atoms with van der Waals surface area (Å²) in [6.07, 6.45) is 17.7. The molecular weight excluding hydrogens is 749 g/mol. The van der Waals surface area contributed by atoms with Gasteiger partial charge in [0, 0.05) is 60.3 Å². The molecule has 2 fully saturated rings. The third-order valence-corrected chi connectivity index (χ3v) is 12.6. The molecule has 60 heavy (non-hydrogen) atoms. The van der Waals surface area contributed by atoms with Crippen molar-refractivity contribution in [1.82, 2.24) is 15.6 Å². The van der Waals surface area contributed by atoms with Crippen LogP contribution in [0.4, 0.5) is 5.69 Å². The molecule has 9 heteroatoms. The van der Waals surface area contributed by atoms with E-state index in [0.717, 1.165) is 90.0 Å². The number of nitrogens with zero attached hydrogens (tertiary/aromatic N) is 2. The van der Waals surface area contributed by atoms with Gasteiger partial charge in [0.05, 0.1) is 47.3 Å². The standard InChI is InChI=1S/C49H62N4O5.C2H6/c1-8-39(18-20-50-30-33-17-21-51-44(22-33)37-23-43(34-12-9-13-34)32(2)45(24-37)56-5)53(40-27-41(54-3)29-42(28-40)55-4)31-36-16-11-19-52-49(36)38-25-46(57-6)48(35-14-10-15-35)47(26-38)58-7;1-2/h11,16-17,19,21-29,34-35,39,44,50-51H,8-10,12-15,18,20,30-31H2,1-7H3;1-2H3. The summed E-state index contributed by atoms with van der Waals surface area (Å²) in [7, 11) is 8.69. The lowest BCUT2D eigenvalue weighted by Gasteiger charge is -2.34. The van der Waals surface area contributed by atoms with Crippen molar-refractivity contribution in [2.24, 2.45) is 0 Å². The lowest BCUT2D eigenvalue weighted by Crippen LogP contribution is -2.37. The lowest BCUT2D eigenvalue weighted by molar-refractivity contribution is 0.347. The molecule has 7 rings (SSSR count). The highest BCUT2D eigenvalue weighted by Gasteiger charge is 2.29. The van der Waals surface area contributed by atoms with E-state index in [4.69, 9.17) is 28.7 Å². The Labute approximate surface area is 359 Å². The molecule has 2 unspecified atom stereocenters. The molecule has 0 spiro atoms. The van der Waals surface area contributed by atoms with E-state index in [1.54, 1.807) is 35.5 Å².